The normalized spacial score (nSPS) is 12.8. The van der Waals surface area contributed by atoms with Crippen LogP contribution in [0, 0.1) is 6.92 Å². The number of benzene rings is 1. The van der Waals surface area contributed by atoms with Crippen molar-refractivity contribution in [2.75, 3.05) is 17.6 Å². The Labute approximate surface area is 180 Å². The monoisotopic (exact) mass is 414 g/mol. The maximum Gasteiger partial charge on any atom is 0.222 e. The Kier molecular flexibility index (Phi) is 8.54. The van der Waals surface area contributed by atoms with Crippen LogP contribution in [0.4, 0.5) is 11.8 Å². The van der Waals surface area contributed by atoms with Crippen molar-refractivity contribution in [3.63, 3.8) is 0 Å². The van der Waals surface area contributed by atoms with Gasteiger partial charge in [0.25, 0.3) is 0 Å². The number of hydrazine groups is 2. The van der Waals surface area contributed by atoms with Gasteiger partial charge in [0.1, 0.15) is 5.82 Å². The topological polar surface area (TPSA) is 140 Å². The Morgan fingerprint density at radius 2 is 1.87 bits per heavy atom. The molecule has 0 aliphatic heterocycles. The van der Waals surface area contributed by atoms with Crippen LogP contribution < -0.4 is 33.6 Å². The molecule has 30 heavy (non-hydrogen) atoms. The number of nitrogens with one attached hydrogen (secondary N) is 3. The molecule has 1 heterocycles. The van der Waals surface area contributed by atoms with Crippen molar-refractivity contribution in [1.29, 1.82) is 0 Å². The summed E-state index contributed by atoms with van der Waals surface area (Å²) in [5.41, 5.74) is 22.9. The molecule has 0 saturated heterocycles. The minimum Gasteiger partial charge on any atom is -0.370 e. The van der Waals surface area contributed by atoms with E-state index in [1.165, 1.54) is 11.1 Å². The SMILES string of the molecule is CCCCNc1nc(N)nc(C)c1Cc1cc(C(C)(C)C(N)NNN)ccc1CC. The highest BCUT2D eigenvalue weighted by Gasteiger charge is 2.29. The summed E-state index contributed by atoms with van der Waals surface area (Å²) < 4.78 is 0. The summed E-state index contributed by atoms with van der Waals surface area (Å²) in [6.07, 6.45) is 3.51. The van der Waals surface area contributed by atoms with Crippen LogP contribution in [0.5, 0.6) is 0 Å². The number of unbranched alkanes of at least 4 members (excludes halogenated alkanes) is 1. The summed E-state index contributed by atoms with van der Waals surface area (Å²) in [4.78, 5) is 8.90. The minimum absolute atomic E-state index is 0.298. The number of hydrogen-bond acceptors (Lipinski definition) is 8. The molecule has 8 nitrogen and oxygen atoms in total. The van der Waals surface area contributed by atoms with Crippen molar-refractivity contribution in [3.05, 3.63) is 46.1 Å². The Balaban J connectivity index is 2.45. The molecule has 0 bridgehead atoms. The predicted molar refractivity (Wildman–Crippen MR) is 125 cm³/mol. The highest BCUT2D eigenvalue weighted by Crippen LogP contribution is 2.30. The highest BCUT2D eigenvalue weighted by molar-refractivity contribution is 5.52. The molecule has 8 heteroatoms. The molecule has 166 valence electrons. The molecular weight excluding hydrogens is 376 g/mol. The van der Waals surface area contributed by atoms with E-state index in [0.29, 0.717) is 5.95 Å². The summed E-state index contributed by atoms with van der Waals surface area (Å²) in [5, 5.41) is 3.45. The first kappa shape index (κ1) is 24.0. The van der Waals surface area contributed by atoms with Crippen molar-refractivity contribution < 1.29 is 0 Å². The Morgan fingerprint density at radius 1 is 1.13 bits per heavy atom. The van der Waals surface area contributed by atoms with Gasteiger partial charge in [-0.15, -0.1) is 0 Å². The third kappa shape index (κ3) is 5.66. The molecule has 1 aromatic heterocycles. The molecule has 1 aromatic carbocycles. The van der Waals surface area contributed by atoms with Gasteiger partial charge >= 0.3 is 0 Å². The molecule has 0 spiro atoms. The maximum atomic E-state index is 6.30. The van der Waals surface area contributed by atoms with Gasteiger partial charge in [-0.1, -0.05) is 52.3 Å². The lowest BCUT2D eigenvalue weighted by atomic mass is 9.80. The maximum absolute atomic E-state index is 6.30. The molecule has 1 unspecified atom stereocenters. The van der Waals surface area contributed by atoms with Crippen LogP contribution in [-0.4, -0.2) is 22.7 Å². The van der Waals surface area contributed by atoms with Gasteiger partial charge in [0.15, 0.2) is 0 Å². The summed E-state index contributed by atoms with van der Waals surface area (Å²) in [6.45, 7) is 11.4. The standard InChI is InChI=1S/C22H38N8/c1-6-8-11-26-19-18(14(3)27-21(24)28-19)13-16-12-17(10-9-15(16)7-2)22(4,5)20(23)29-30-25/h9-10,12,20,29-30H,6-8,11,13,23,25H2,1-5H3,(H3,24,26,27,28). The number of nitrogens with two attached hydrogens (primary N) is 3. The summed E-state index contributed by atoms with van der Waals surface area (Å²) >= 11 is 0. The lowest BCUT2D eigenvalue weighted by Gasteiger charge is -2.33. The van der Waals surface area contributed by atoms with Crippen LogP contribution in [0.1, 0.15) is 68.5 Å². The van der Waals surface area contributed by atoms with E-state index in [2.05, 4.69) is 72.1 Å². The average Bonchev–Trinajstić information content (AvgIpc) is 2.70. The Hall–Kier alpha value is -2.26. The van der Waals surface area contributed by atoms with E-state index < -0.39 is 0 Å². The van der Waals surface area contributed by atoms with E-state index in [4.69, 9.17) is 17.3 Å². The molecule has 0 amide bonds. The third-order valence-corrected chi connectivity index (χ3v) is 5.77. The quantitative estimate of drug-likeness (QED) is 0.142. The zero-order valence-corrected chi connectivity index (χ0v) is 19.0. The van der Waals surface area contributed by atoms with Gasteiger partial charge in [-0.2, -0.15) is 10.5 Å². The molecule has 0 saturated carbocycles. The van der Waals surface area contributed by atoms with Crippen LogP contribution in [0.2, 0.25) is 0 Å². The number of anilines is 2. The van der Waals surface area contributed by atoms with Gasteiger partial charge in [0, 0.05) is 29.6 Å². The average molecular weight is 415 g/mol. The number of aromatic nitrogens is 2. The van der Waals surface area contributed by atoms with Crippen LogP contribution in [0.15, 0.2) is 18.2 Å². The van der Waals surface area contributed by atoms with E-state index in [0.717, 1.165) is 54.9 Å². The molecule has 0 fully saturated rings. The number of nitrogens with zero attached hydrogens (tertiary/aromatic N) is 2. The molecule has 2 aromatic rings. The highest BCUT2D eigenvalue weighted by atomic mass is 15.5. The first-order chi connectivity index (χ1) is 14.2. The van der Waals surface area contributed by atoms with Gasteiger partial charge < -0.3 is 16.8 Å². The number of hydrogen-bond donors (Lipinski definition) is 6. The van der Waals surface area contributed by atoms with Crippen LogP contribution in [-0.2, 0) is 18.3 Å². The van der Waals surface area contributed by atoms with E-state index in [-0.39, 0.29) is 11.6 Å². The van der Waals surface area contributed by atoms with Gasteiger partial charge in [0.05, 0.1) is 6.17 Å². The van der Waals surface area contributed by atoms with E-state index >= 15 is 0 Å². The van der Waals surface area contributed by atoms with Gasteiger partial charge in [-0.05, 0) is 36.5 Å². The molecule has 2 rings (SSSR count). The molecule has 9 N–H and O–H groups in total. The summed E-state index contributed by atoms with van der Waals surface area (Å²) in [5.74, 6) is 6.53. The third-order valence-electron chi connectivity index (χ3n) is 5.77. The minimum atomic E-state index is -0.351. The first-order valence-corrected chi connectivity index (χ1v) is 10.7. The molecule has 0 aliphatic rings. The van der Waals surface area contributed by atoms with E-state index in [1.54, 1.807) is 0 Å². The zero-order chi connectivity index (χ0) is 22.3. The van der Waals surface area contributed by atoms with Crippen LogP contribution >= 0.6 is 0 Å². The summed E-state index contributed by atoms with van der Waals surface area (Å²) in [7, 11) is 0. The predicted octanol–water partition coefficient (Wildman–Crippen LogP) is 2.26. The lowest BCUT2D eigenvalue weighted by molar-refractivity contribution is 0.312. The number of nitrogen functional groups attached to an aromatic ring is 1. The fraction of sp³-hybridized carbons (Fsp3) is 0.545. The zero-order valence-electron chi connectivity index (χ0n) is 19.0. The Bertz CT molecular complexity index is 834. The second-order valence-electron chi connectivity index (χ2n) is 8.28. The van der Waals surface area contributed by atoms with Crippen LogP contribution in [0.25, 0.3) is 0 Å². The molecule has 1 atom stereocenters. The van der Waals surface area contributed by atoms with Crippen molar-refractivity contribution in [3.8, 4) is 0 Å². The van der Waals surface area contributed by atoms with Gasteiger partial charge in [-0.25, -0.2) is 10.4 Å². The fourth-order valence-corrected chi connectivity index (χ4v) is 3.54. The van der Waals surface area contributed by atoms with Crippen molar-refractivity contribution in [1.82, 2.24) is 20.9 Å². The van der Waals surface area contributed by atoms with E-state index in [1.807, 2.05) is 6.92 Å². The van der Waals surface area contributed by atoms with Gasteiger partial charge in [-0.3, -0.25) is 5.84 Å². The lowest BCUT2D eigenvalue weighted by Crippen LogP contribution is -2.58. The van der Waals surface area contributed by atoms with Crippen LogP contribution in [0.3, 0.4) is 0 Å². The smallest absolute Gasteiger partial charge is 0.222 e. The number of rotatable bonds is 11. The molecule has 0 aliphatic carbocycles. The van der Waals surface area contributed by atoms with Crippen molar-refractivity contribution in [2.24, 2.45) is 11.6 Å². The largest absolute Gasteiger partial charge is 0.370 e. The molecule has 0 radical (unpaired) electrons. The summed E-state index contributed by atoms with van der Waals surface area (Å²) in [6, 6.07) is 6.57. The molecular formula is C22H38N8. The number of aryl methyl sites for hydroxylation is 2. The fourth-order valence-electron chi connectivity index (χ4n) is 3.54. The second kappa shape index (κ2) is 10.7. The van der Waals surface area contributed by atoms with E-state index in [9.17, 15) is 0 Å². The Morgan fingerprint density at radius 3 is 2.50 bits per heavy atom. The van der Waals surface area contributed by atoms with Crippen molar-refractivity contribution >= 4 is 11.8 Å². The second-order valence-corrected chi connectivity index (χ2v) is 8.28. The van der Waals surface area contributed by atoms with Gasteiger partial charge in [0.2, 0.25) is 5.95 Å². The van der Waals surface area contributed by atoms with Crippen molar-refractivity contribution in [2.45, 2.75) is 71.9 Å². The first-order valence-electron chi connectivity index (χ1n) is 10.7.